The lowest BCUT2D eigenvalue weighted by Crippen LogP contribution is -2.30. The Morgan fingerprint density at radius 1 is 0.299 bits per heavy atom. The number of carbonyl (C=O) groups is 3. The standard InChI is InChI=1S/C61H104O6/c1-4-7-10-13-16-19-22-25-28-29-30-31-34-37-40-43-46-49-52-55-61(64)67-58(56-65-59(62)53-50-47-44-41-38-35-32-26-23-20-17-14-11-8-5-2)57-66-60(63)54-51-48-45-42-39-36-33-27-24-21-18-15-12-9-6-3/h16-17,19-20,25-26,28,30-32,37,40,46,49,58H,4-15,18,21-24,27,29,33-36,38-39,41-45,47-48,50-57H2,1-3H3/b19-16-,20-17-,28-25-,31-30-,32-26-,40-37-,49-46-/t58-/m1/s1. The van der Waals surface area contributed by atoms with Crippen molar-refractivity contribution in [1.29, 1.82) is 0 Å². The minimum absolute atomic E-state index is 0.109. The van der Waals surface area contributed by atoms with Crippen molar-refractivity contribution in [3.63, 3.8) is 0 Å². The Hall–Kier alpha value is -3.41. The fourth-order valence-corrected chi connectivity index (χ4v) is 7.63. The van der Waals surface area contributed by atoms with Crippen molar-refractivity contribution in [3.05, 3.63) is 85.1 Å². The molecule has 0 aliphatic rings. The van der Waals surface area contributed by atoms with Crippen LogP contribution in [0.25, 0.3) is 0 Å². The van der Waals surface area contributed by atoms with Gasteiger partial charge in [-0.15, -0.1) is 0 Å². The monoisotopic (exact) mass is 933 g/mol. The Morgan fingerprint density at radius 3 is 0.925 bits per heavy atom. The minimum Gasteiger partial charge on any atom is -0.462 e. The quantitative estimate of drug-likeness (QED) is 0.0262. The van der Waals surface area contributed by atoms with Crippen LogP contribution in [0.2, 0.25) is 0 Å². The molecule has 0 rings (SSSR count). The van der Waals surface area contributed by atoms with Gasteiger partial charge in [0, 0.05) is 19.3 Å². The molecule has 0 heterocycles. The minimum atomic E-state index is -0.821. The molecule has 0 saturated heterocycles. The first-order chi connectivity index (χ1) is 33.0. The van der Waals surface area contributed by atoms with E-state index in [1.165, 1.54) is 128 Å². The van der Waals surface area contributed by atoms with Crippen LogP contribution in [0.5, 0.6) is 0 Å². The Kier molecular flexibility index (Phi) is 52.4. The highest BCUT2D eigenvalue weighted by Crippen LogP contribution is 2.15. The third-order valence-corrected chi connectivity index (χ3v) is 11.9. The van der Waals surface area contributed by atoms with Gasteiger partial charge in [0.25, 0.3) is 0 Å². The lowest BCUT2D eigenvalue weighted by atomic mass is 10.0. The zero-order valence-corrected chi connectivity index (χ0v) is 43.9. The Balaban J connectivity index is 4.52. The van der Waals surface area contributed by atoms with Crippen LogP contribution in [0.15, 0.2) is 85.1 Å². The summed E-state index contributed by atoms with van der Waals surface area (Å²) in [6.45, 7) is 6.52. The maximum Gasteiger partial charge on any atom is 0.306 e. The average Bonchev–Trinajstić information content (AvgIpc) is 3.33. The first-order valence-corrected chi connectivity index (χ1v) is 28.1. The van der Waals surface area contributed by atoms with Crippen molar-refractivity contribution >= 4 is 17.9 Å². The summed E-state index contributed by atoms with van der Waals surface area (Å²) >= 11 is 0. The van der Waals surface area contributed by atoms with Crippen LogP contribution in [-0.2, 0) is 28.6 Å². The van der Waals surface area contributed by atoms with Gasteiger partial charge in [0.1, 0.15) is 13.2 Å². The zero-order chi connectivity index (χ0) is 48.6. The molecule has 6 nitrogen and oxygen atoms in total. The van der Waals surface area contributed by atoms with Gasteiger partial charge < -0.3 is 14.2 Å². The summed E-state index contributed by atoms with van der Waals surface area (Å²) in [5.41, 5.74) is 0. The van der Waals surface area contributed by atoms with Crippen LogP contribution in [0.3, 0.4) is 0 Å². The predicted molar refractivity (Wildman–Crippen MR) is 288 cm³/mol. The van der Waals surface area contributed by atoms with E-state index in [-0.39, 0.29) is 31.6 Å². The maximum absolute atomic E-state index is 12.8. The van der Waals surface area contributed by atoms with Crippen molar-refractivity contribution < 1.29 is 28.6 Å². The van der Waals surface area contributed by atoms with E-state index in [2.05, 4.69) is 99.8 Å². The van der Waals surface area contributed by atoms with E-state index in [1.807, 2.05) is 6.08 Å². The first-order valence-electron chi connectivity index (χ1n) is 28.1. The van der Waals surface area contributed by atoms with Crippen LogP contribution < -0.4 is 0 Å². The van der Waals surface area contributed by atoms with E-state index >= 15 is 0 Å². The van der Waals surface area contributed by atoms with Crippen molar-refractivity contribution in [2.24, 2.45) is 0 Å². The van der Waals surface area contributed by atoms with E-state index in [9.17, 15) is 14.4 Å². The smallest absolute Gasteiger partial charge is 0.306 e. The summed E-state index contributed by atoms with van der Waals surface area (Å²) < 4.78 is 16.8. The fraction of sp³-hybridized carbons (Fsp3) is 0.721. The molecule has 384 valence electrons. The van der Waals surface area contributed by atoms with Crippen molar-refractivity contribution in [1.82, 2.24) is 0 Å². The molecule has 67 heavy (non-hydrogen) atoms. The number of esters is 3. The van der Waals surface area contributed by atoms with Gasteiger partial charge in [-0.1, -0.05) is 241 Å². The van der Waals surface area contributed by atoms with Crippen molar-refractivity contribution in [2.75, 3.05) is 13.2 Å². The van der Waals surface area contributed by atoms with Gasteiger partial charge in [-0.3, -0.25) is 14.4 Å². The molecule has 0 bridgehead atoms. The van der Waals surface area contributed by atoms with Gasteiger partial charge in [-0.25, -0.2) is 0 Å². The molecule has 0 fully saturated rings. The highest BCUT2D eigenvalue weighted by molar-refractivity contribution is 5.71. The second kappa shape index (κ2) is 55.2. The van der Waals surface area contributed by atoms with Crippen LogP contribution in [0, 0.1) is 0 Å². The molecule has 0 aliphatic carbocycles. The highest BCUT2D eigenvalue weighted by atomic mass is 16.6. The van der Waals surface area contributed by atoms with Crippen molar-refractivity contribution in [3.8, 4) is 0 Å². The summed E-state index contributed by atoms with van der Waals surface area (Å²) in [6.07, 6.45) is 71.5. The van der Waals surface area contributed by atoms with E-state index in [1.54, 1.807) is 0 Å². The Morgan fingerprint density at radius 2 is 0.567 bits per heavy atom. The fourth-order valence-electron chi connectivity index (χ4n) is 7.63. The second-order valence-electron chi connectivity index (χ2n) is 18.5. The van der Waals surface area contributed by atoms with Gasteiger partial charge in [0.05, 0.1) is 0 Å². The summed E-state index contributed by atoms with van der Waals surface area (Å²) in [4.78, 5) is 38.1. The molecule has 0 amide bonds. The third kappa shape index (κ3) is 53.4. The van der Waals surface area contributed by atoms with E-state index in [4.69, 9.17) is 14.2 Å². The highest BCUT2D eigenvalue weighted by Gasteiger charge is 2.19. The molecule has 0 unspecified atom stereocenters. The number of hydrogen-bond donors (Lipinski definition) is 0. The number of unbranched alkanes of at least 4 members (excludes halogenated alkanes) is 25. The molecule has 0 aliphatic heterocycles. The lowest BCUT2D eigenvalue weighted by molar-refractivity contribution is -0.166. The number of hydrogen-bond acceptors (Lipinski definition) is 6. The van der Waals surface area contributed by atoms with Gasteiger partial charge in [0.15, 0.2) is 6.10 Å². The third-order valence-electron chi connectivity index (χ3n) is 11.9. The number of rotatable bonds is 50. The summed E-state index contributed by atoms with van der Waals surface area (Å²) in [5, 5.41) is 0. The second-order valence-corrected chi connectivity index (χ2v) is 18.5. The molecule has 6 heteroatoms. The molecule has 0 aromatic heterocycles. The largest absolute Gasteiger partial charge is 0.462 e. The van der Waals surface area contributed by atoms with E-state index in [0.717, 1.165) is 89.9 Å². The van der Waals surface area contributed by atoms with Gasteiger partial charge in [0.2, 0.25) is 0 Å². The number of allylic oxidation sites excluding steroid dienone is 14. The summed E-state index contributed by atoms with van der Waals surface area (Å²) in [6, 6.07) is 0. The molecular formula is C61H104O6. The first kappa shape index (κ1) is 63.6. The van der Waals surface area contributed by atoms with Crippen LogP contribution >= 0.6 is 0 Å². The Bertz CT molecular complexity index is 1300. The Labute approximate surface area is 414 Å². The van der Waals surface area contributed by atoms with E-state index < -0.39 is 12.1 Å². The topological polar surface area (TPSA) is 78.9 Å². The summed E-state index contributed by atoms with van der Waals surface area (Å²) in [7, 11) is 0. The molecule has 1 atom stereocenters. The lowest BCUT2D eigenvalue weighted by Gasteiger charge is -2.18. The molecule has 0 N–H and O–H groups in total. The van der Waals surface area contributed by atoms with Gasteiger partial charge in [-0.05, 0) is 89.9 Å². The zero-order valence-electron chi connectivity index (χ0n) is 43.9. The van der Waals surface area contributed by atoms with Gasteiger partial charge in [-0.2, -0.15) is 0 Å². The number of carbonyl (C=O) groups excluding carboxylic acids is 3. The summed E-state index contributed by atoms with van der Waals surface area (Å²) in [5.74, 6) is -1.00. The van der Waals surface area contributed by atoms with Crippen molar-refractivity contribution in [2.45, 2.75) is 271 Å². The molecular weight excluding hydrogens is 829 g/mol. The van der Waals surface area contributed by atoms with Gasteiger partial charge >= 0.3 is 17.9 Å². The molecule has 0 saturated carbocycles. The normalized spacial score (nSPS) is 12.7. The molecule has 0 aromatic rings. The van der Waals surface area contributed by atoms with Crippen LogP contribution in [-0.4, -0.2) is 37.2 Å². The van der Waals surface area contributed by atoms with Crippen LogP contribution in [0.4, 0.5) is 0 Å². The number of ether oxygens (including phenoxy) is 3. The average molecular weight is 933 g/mol. The molecule has 0 aromatic carbocycles. The molecule has 0 radical (unpaired) electrons. The SMILES string of the molecule is CCCCC/C=C\C/C=C\C/C=C\C/C=C\C/C=C\CCC(=O)O[C@H](COC(=O)CCCCCCC/C=C\C/C=C\CCCCC)COC(=O)CCCCCCCCCCCCCCCCC. The predicted octanol–water partition coefficient (Wildman–Crippen LogP) is 18.8. The maximum atomic E-state index is 12.8. The molecule has 0 spiro atoms. The van der Waals surface area contributed by atoms with E-state index in [0.29, 0.717) is 19.3 Å². The van der Waals surface area contributed by atoms with Crippen LogP contribution in [0.1, 0.15) is 265 Å².